The van der Waals surface area contributed by atoms with Gasteiger partial charge >= 0.3 is 0 Å². The molecular formula is C28H22F2N4O4. The first-order valence-electron chi connectivity index (χ1n) is 11.5. The number of nitrogens with zero attached hydrogens (tertiary/aromatic N) is 3. The molecule has 2 heterocycles. The molecule has 2 aromatic heterocycles. The Labute approximate surface area is 216 Å². The van der Waals surface area contributed by atoms with Crippen molar-refractivity contribution < 1.29 is 23.0 Å². The van der Waals surface area contributed by atoms with Crippen LogP contribution in [0.25, 0.3) is 22.0 Å². The van der Waals surface area contributed by atoms with E-state index in [4.69, 9.17) is 14.2 Å². The Balaban J connectivity index is 1.45. The molecule has 8 nitrogen and oxygen atoms in total. The van der Waals surface area contributed by atoms with Crippen LogP contribution in [0.2, 0.25) is 0 Å². The molecule has 0 aliphatic carbocycles. The number of benzene rings is 3. The monoisotopic (exact) mass is 516 g/mol. The SMILES string of the molecule is COc1ccc2c(Oc3ccc(-c4cnc(Nc5ccccc5F)n(C)c4=O)cc3F)ccnc2c1OC. The van der Waals surface area contributed by atoms with E-state index in [2.05, 4.69) is 15.3 Å². The maximum absolute atomic E-state index is 15.2. The van der Waals surface area contributed by atoms with Crippen molar-refractivity contribution in [3.8, 4) is 34.1 Å². The highest BCUT2D eigenvalue weighted by molar-refractivity contribution is 5.92. The largest absolute Gasteiger partial charge is 0.493 e. The Morgan fingerprint density at radius 3 is 2.39 bits per heavy atom. The predicted molar refractivity (Wildman–Crippen MR) is 139 cm³/mol. The van der Waals surface area contributed by atoms with Gasteiger partial charge in [-0.15, -0.1) is 0 Å². The third-order valence-electron chi connectivity index (χ3n) is 5.97. The molecule has 0 unspecified atom stereocenters. The van der Waals surface area contributed by atoms with E-state index in [0.29, 0.717) is 33.7 Å². The number of fused-ring (bicyclic) bond motifs is 1. The summed E-state index contributed by atoms with van der Waals surface area (Å²) in [6.45, 7) is 0. The summed E-state index contributed by atoms with van der Waals surface area (Å²) >= 11 is 0. The van der Waals surface area contributed by atoms with Crippen LogP contribution in [-0.2, 0) is 7.05 Å². The highest BCUT2D eigenvalue weighted by atomic mass is 19.1. The fourth-order valence-electron chi connectivity index (χ4n) is 4.01. The lowest BCUT2D eigenvalue weighted by Crippen LogP contribution is -2.22. The van der Waals surface area contributed by atoms with Gasteiger partial charge in [0.05, 0.1) is 25.5 Å². The zero-order valence-corrected chi connectivity index (χ0v) is 20.7. The summed E-state index contributed by atoms with van der Waals surface area (Å²) in [7, 11) is 4.53. The van der Waals surface area contributed by atoms with Crippen molar-refractivity contribution in [2.75, 3.05) is 19.5 Å². The van der Waals surface area contributed by atoms with Crippen LogP contribution in [0.4, 0.5) is 20.4 Å². The average molecular weight is 517 g/mol. The molecule has 3 aromatic carbocycles. The van der Waals surface area contributed by atoms with Crippen molar-refractivity contribution in [2.45, 2.75) is 0 Å². The molecule has 0 saturated carbocycles. The molecule has 10 heteroatoms. The molecule has 0 aliphatic rings. The second-order valence-electron chi connectivity index (χ2n) is 8.22. The average Bonchev–Trinajstić information content (AvgIpc) is 2.93. The van der Waals surface area contributed by atoms with Crippen LogP contribution in [0.3, 0.4) is 0 Å². The van der Waals surface area contributed by atoms with Crippen LogP contribution in [0.15, 0.2) is 77.9 Å². The molecular weight excluding hydrogens is 494 g/mol. The lowest BCUT2D eigenvalue weighted by Gasteiger charge is -2.14. The van der Waals surface area contributed by atoms with Crippen molar-refractivity contribution in [1.29, 1.82) is 0 Å². The predicted octanol–water partition coefficient (Wildman–Crippen LogP) is 5.83. The summed E-state index contributed by atoms with van der Waals surface area (Å²) in [5, 5.41) is 3.40. The van der Waals surface area contributed by atoms with E-state index < -0.39 is 17.2 Å². The summed E-state index contributed by atoms with van der Waals surface area (Å²) in [4.78, 5) is 21.6. The Morgan fingerprint density at radius 1 is 0.868 bits per heavy atom. The second-order valence-corrected chi connectivity index (χ2v) is 8.22. The smallest absolute Gasteiger partial charge is 0.262 e. The number of ether oxygens (including phenoxy) is 3. The third-order valence-corrected chi connectivity index (χ3v) is 5.97. The van der Waals surface area contributed by atoms with E-state index in [1.165, 1.54) is 62.5 Å². The summed E-state index contributed by atoms with van der Waals surface area (Å²) in [5.41, 5.74) is 0.720. The molecule has 38 heavy (non-hydrogen) atoms. The van der Waals surface area contributed by atoms with Gasteiger partial charge in [-0.05, 0) is 48.0 Å². The first-order valence-corrected chi connectivity index (χ1v) is 11.5. The summed E-state index contributed by atoms with van der Waals surface area (Å²) in [6, 6.07) is 15.3. The van der Waals surface area contributed by atoms with Crippen molar-refractivity contribution in [3.05, 3.63) is 95.0 Å². The van der Waals surface area contributed by atoms with Crippen LogP contribution < -0.4 is 25.1 Å². The molecule has 1 N–H and O–H groups in total. The van der Waals surface area contributed by atoms with E-state index >= 15 is 4.39 Å². The minimum Gasteiger partial charge on any atom is -0.493 e. The van der Waals surface area contributed by atoms with Crippen molar-refractivity contribution in [2.24, 2.45) is 7.05 Å². The summed E-state index contributed by atoms with van der Waals surface area (Å²) in [6.07, 6.45) is 2.84. The number of aromatic nitrogens is 3. The van der Waals surface area contributed by atoms with Crippen LogP contribution in [0.1, 0.15) is 0 Å². The van der Waals surface area contributed by atoms with E-state index in [1.807, 2.05) is 0 Å². The zero-order valence-electron chi connectivity index (χ0n) is 20.7. The van der Waals surface area contributed by atoms with Crippen LogP contribution in [-0.4, -0.2) is 28.8 Å². The van der Waals surface area contributed by atoms with Gasteiger partial charge in [0.25, 0.3) is 5.56 Å². The number of nitrogens with one attached hydrogen (secondary N) is 1. The standard InChI is InChI=1S/C28H22F2N4O4/c1-34-27(35)18(15-32-28(34)33-21-7-5-4-6-19(21)29)16-8-10-23(20(30)14-16)38-22-12-13-31-25-17(22)9-11-24(36-2)26(25)37-3/h4-15H,1-3H3,(H,32,33). The molecule has 192 valence electrons. The Morgan fingerprint density at radius 2 is 1.66 bits per heavy atom. The first-order chi connectivity index (χ1) is 18.4. The highest BCUT2D eigenvalue weighted by Crippen LogP contribution is 2.39. The Hall–Kier alpha value is -4.99. The number of hydrogen-bond donors (Lipinski definition) is 1. The normalized spacial score (nSPS) is 10.9. The van der Waals surface area contributed by atoms with Gasteiger partial charge in [0.1, 0.15) is 17.1 Å². The zero-order chi connectivity index (χ0) is 26.8. The van der Waals surface area contributed by atoms with Gasteiger partial charge in [-0.25, -0.2) is 13.8 Å². The van der Waals surface area contributed by atoms with Gasteiger partial charge in [0.15, 0.2) is 23.1 Å². The molecule has 0 spiro atoms. The lowest BCUT2D eigenvalue weighted by atomic mass is 10.1. The Bertz CT molecular complexity index is 1720. The maximum Gasteiger partial charge on any atom is 0.262 e. The first kappa shape index (κ1) is 24.7. The maximum atomic E-state index is 15.2. The highest BCUT2D eigenvalue weighted by Gasteiger charge is 2.17. The van der Waals surface area contributed by atoms with Gasteiger partial charge in [0, 0.05) is 24.8 Å². The van der Waals surface area contributed by atoms with Gasteiger partial charge in [-0.2, -0.15) is 0 Å². The summed E-state index contributed by atoms with van der Waals surface area (Å²) < 4.78 is 47.0. The van der Waals surface area contributed by atoms with Crippen molar-refractivity contribution >= 4 is 22.5 Å². The van der Waals surface area contributed by atoms with Gasteiger partial charge in [-0.1, -0.05) is 18.2 Å². The van der Waals surface area contributed by atoms with E-state index in [0.717, 1.165) is 0 Å². The number of pyridine rings is 1. The number of hydrogen-bond acceptors (Lipinski definition) is 7. The van der Waals surface area contributed by atoms with Crippen LogP contribution >= 0.6 is 0 Å². The molecule has 0 bridgehead atoms. The number of halogens is 2. The topological polar surface area (TPSA) is 87.5 Å². The quantitative estimate of drug-likeness (QED) is 0.291. The van der Waals surface area contributed by atoms with Crippen LogP contribution in [0, 0.1) is 11.6 Å². The molecule has 0 amide bonds. The van der Waals surface area contributed by atoms with Crippen molar-refractivity contribution in [1.82, 2.24) is 14.5 Å². The fraction of sp³-hybridized carbons (Fsp3) is 0.107. The van der Waals surface area contributed by atoms with Gasteiger partial charge in [-0.3, -0.25) is 14.3 Å². The molecule has 0 radical (unpaired) electrons. The van der Waals surface area contributed by atoms with Crippen LogP contribution in [0.5, 0.6) is 23.0 Å². The number of rotatable bonds is 7. The molecule has 0 aliphatic heterocycles. The lowest BCUT2D eigenvalue weighted by molar-refractivity contribution is 0.358. The number of anilines is 2. The second kappa shape index (κ2) is 10.2. The molecule has 0 atom stereocenters. The van der Waals surface area contributed by atoms with E-state index in [1.54, 1.807) is 36.4 Å². The molecule has 5 aromatic rings. The number of methoxy groups -OCH3 is 2. The summed E-state index contributed by atoms with van der Waals surface area (Å²) in [5.74, 6) is 0.239. The molecule has 0 saturated heterocycles. The fourth-order valence-corrected chi connectivity index (χ4v) is 4.01. The molecule has 5 rings (SSSR count). The minimum atomic E-state index is -0.677. The third kappa shape index (κ3) is 4.47. The number of para-hydroxylation sites is 1. The van der Waals surface area contributed by atoms with Crippen molar-refractivity contribution in [3.63, 3.8) is 0 Å². The van der Waals surface area contributed by atoms with Gasteiger partial charge in [0.2, 0.25) is 5.95 Å². The van der Waals surface area contributed by atoms with E-state index in [-0.39, 0.29) is 22.9 Å². The molecule has 0 fully saturated rings. The minimum absolute atomic E-state index is 0.0429. The van der Waals surface area contributed by atoms with E-state index in [9.17, 15) is 9.18 Å². The van der Waals surface area contributed by atoms with Gasteiger partial charge < -0.3 is 19.5 Å². The Kier molecular flexibility index (Phi) is 6.61.